The molecule has 21 heavy (non-hydrogen) atoms. The average molecular weight is 287 g/mol. The highest BCUT2D eigenvalue weighted by Crippen LogP contribution is 2.59. The van der Waals surface area contributed by atoms with Crippen LogP contribution in [0.1, 0.15) is 46.4 Å². The number of hydrogen-bond acceptors (Lipinski definition) is 2. The van der Waals surface area contributed by atoms with E-state index in [0.29, 0.717) is 11.5 Å². The van der Waals surface area contributed by atoms with E-state index >= 15 is 0 Å². The standard InChI is InChI=1S/C18H29N3/c1-13(2)21(12-17-19-8-9-20(17)5)11-14-6-7-15-10-16(14)18(15,3)4/h6,8-9,13,15-16H,7,10-12H2,1-5H3/t15-,16-/m0/s1. The number of fused-ring (bicyclic) bond motifs is 1. The summed E-state index contributed by atoms with van der Waals surface area (Å²) in [6.07, 6.45) is 9.15. The second kappa shape index (κ2) is 5.28. The maximum absolute atomic E-state index is 4.49. The maximum atomic E-state index is 4.49. The maximum Gasteiger partial charge on any atom is 0.122 e. The molecule has 0 amide bonds. The predicted octanol–water partition coefficient (Wildman–Crippen LogP) is 3.62. The van der Waals surface area contributed by atoms with E-state index in [0.717, 1.165) is 30.7 Å². The molecule has 3 aliphatic rings. The molecule has 3 heteroatoms. The first-order chi connectivity index (χ1) is 9.89. The molecule has 0 unspecified atom stereocenters. The molecule has 1 heterocycles. The van der Waals surface area contributed by atoms with E-state index in [9.17, 15) is 0 Å². The van der Waals surface area contributed by atoms with Crippen molar-refractivity contribution in [3.05, 3.63) is 29.9 Å². The van der Waals surface area contributed by atoms with E-state index in [-0.39, 0.29) is 0 Å². The number of aryl methyl sites for hydroxylation is 1. The lowest BCUT2D eigenvalue weighted by atomic mass is 9.49. The van der Waals surface area contributed by atoms with Crippen molar-refractivity contribution >= 4 is 0 Å². The van der Waals surface area contributed by atoms with Gasteiger partial charge in [-0.15, -0.1) is 0 Å². The highest BCUT2D eigenvalue weighted by molar-refractivity contribution is 5.24. The summed E-state index contributed by atoms with van der Waals surface area (Å²) in [5.41, 5.74) is 2.20. The lowest BCUT2D eigenvalue weighted by molar-refractivity contribution is -0.0119. The zero-order valence-electron chi connectivity index (χ0n) is 14.1. The number of allylic oxidation sites excluding steroid dienone is 1. The Hall–Kier alpha value is -1.09. The molecular formula is C18H29N3. The highest BCUT2D eigenvalue weighted by Gasteiger charge is 2.51. The second-order valence-corrected chi connectivity index (χ2v) is 7.77. The number of hydrogen-bond donors (Lipinski definition) is 0. The monoisotopic (exact) mass is 287 g/mol. The van der Waals surface area contributed by atoms with Crippen LogP contribution in [0.15, 0.2) is 24.0 Å². The van der Waals surface area contributed by atoms with E-state index in [4.69, 9.17) is 0 Å². The molecule has 0 N–H and O–H groups in total. The van der Waals surface area contributed by atoms with Crippen LogP contribution in [0.2, 0.25) is 0 Å². The Morgan fingerprint density at radius 1 is 1.38 bits per heavy atom. The van der Waals surface area contributed by atoms with Gasteiger partial charge in [-0.2, -0.15) is 0 Å². The van der Waals surface area contributed by atoms with Crippen molar-refractivity contribution in [3.63, 3.8) is 0 Å². The predicted molar refractivity (Wildman–Crippen MR) is 86.8 cm³/mol. The van der Waals surface area contributed by atoms with Crippen molar-refractivity contribution in [2.45, 2.75) is 53.1 Å². The van der Waals surface area contributed by atoms with Crippen molar-refractivity contribution < 1.29 is 0 Å². The fraction of sp³-hybridized carbons (Fsp3) is 0.722. The summed E-state index contributed by atoms with van der Waals surface area (Å²) in [5.74, 6) is 2.89. The molecule has 0 aromatic carbocycles. The van der Waals surface area contributed by atoms with Gasteiger partial charge in [0.15, 0.2) is 0 Å². The van der Waals surface area contributed by atoms with E-state index in [1.165, 1.54) is 12.8 Å². The second-order valence-electron chi connectivity index (χ2n) is 7.77. The van der Waals surface area contributed by atoms with Gasteiger partial charge < -0.3 is 4.57 Å². The van der Waals surface area contributed by atoms with Crippen LogP contribution in [-0.2, 0) is 13.6 Å². The Balaban J connectivity index is 1.72. The molecule has 1 aromatic heterocycles. The van der Waals surface area contributed by atoms with Crippen LogP contribution >= 0.6 is 0 Å². The Morgan fingerprint density at radius 3 is 2.67 bits per heavy atom. The van der Waals surface area contributed by atoms with Crippen LogP contribution in [0.4, 0.5) is 0 Å². The van der Waals surface area contributed by atoms with E-state index in [2.05, 4.69) is 55.3 Å². The third-order valence-electron chi connectivity index (χ3n) is 5.96. The normalized spacial score (nSPS) is 26.9. The molecule has 116 valence electrons. The van der Waals surface area contributed by atoms with Crippen LogP contribution < -0.4 is 0 Å². The van der Waals surface area contributed by atoms with Crippen molar-refractivity contribution in [1.29, 1.82) is 0 Å². The van der Waals surface area contributed by atoms with Crippen LogP contribution in [0.5, 0.6) is 0 Å². The van der Waals surface area contributed by atoms with Gasteiger partial charge in [-0.3, -0.25) is 4.90 Å². The van der Waals surface area contributed by atoms with Crippen LogP contribution in [-0.4, -0.2) is 27.0 Å². The first-order valence-corrected chi connectivity index (χ1v) is 8.28. The summed E-state index contributed by atoms with van der Waals surface area (Å²) < 4.78 is 2.13. The van der Waals surface area contributed by atoms with Crippen LogP contribution in [0.3, 0.4) is 0 Å². The fourth-order valence-corrected chi connectivity index (χ4v) is 4.04. The SMILES string of the molecule is CC(C)N(CC1=CC[C@H]2C[C@@H]1C2(C)C)Cc1nccn1C. The molecule has 2 bridgehead atoms. The zero-order chi connectivity index (χ0) is 15.2. The van der Waals surface area contributed by atoms with Gasteiger partial charge in [0, 0.05) is 32.0 Å². The molecule has 0 aliphatic heterocycles. The lowest BCUT2D eigenvalue weighted by Crippen LogP contribution is -2.50. The Labute approximate surface area is 129 Å². The molecular weight excluding hydrogens is 258 g/mol. The molecule has 3 aliphatic carbocycles. The zero-order valence-corrected chi connectivity index (χ0v) is 14.1. The van der Waals surface area contributed by atoms with E-state index < -0.39 is 0 Å². The van der Waals surface area contributed by atoms with Crippen molar-refractivity contribution in [2.75, 3.05) is 6.54 Å². The summed E-state index contributed by atoms with van der Waals surface area (Å²) in [6.45, 7) is 11.5. The van der Waals surface area contributed by atoms with Crippen LogP contribution in [0.25, 0.3) is 0 Å². The Kier molecular flexibility index (Phi) is 3.73. The average Bonchev–Trinajstić information content (AvgIpc) is 2.83. The largest absolute Gasteiger partial charge is 0.337 e. The van der Waals surface area contributed by atoms with E-state index in [1.807, 2.05) is 12.4 Å². The van der Waals surface area contributed by atoms with Crippen molar-refractivity contribution in [2.24, 2.45) is 24.3 Å². The van der Waals surface area contributed by atoms with Gasteiger partial charge in [0.2, 0.25) is 0 Å². The molecule has 3 nitrogen and oxygen atoms in total. The summed E-state index contributed by atoms with van der Waals surface area (Å²) in [4.78, 5) is 7.05. The quantitative estimate of drug-likeness (QED) is 0.771. The minimum atomic E-state index is 0.524. The topological polar surface area (TPSA) is 21.1 Å². The minimum absolute atomic E-state index is 0.524. The Morgan fingerprint density at radius 2 is 2.14 bits per heavy atom. The van der Waals surface area contributed by atoms with Gasteiger partial charge >= 0.3 is 0 Å². The van der Waals surface area contributed by atoms with Gasteiger partial charge in [-0.25, -0.2) is 4.98 Å². The smallest absolute Gasteiger partial charge is 0.122 e. The molecule has 0 saturated heterocycles. The molecule has 0 spiro atoms. The lowest BCUT2D eigenvalue weighted by Gasteiger charge is -2.57. The van der Waals surface area contributed by atoms with Gasteiger partial charge in [-0.1, -0.05) is 25.5 Å². The number of nitrogens with zero attached hydrogens (tertiary/aromatic N) is 3. The minimum Gasteiger partial charge on any atom is -0.337 e. The highest BCUT2D eigenvalue weighted by atomic mass is 15.2. The molecule has 1 fully saturated rings. The number of rotatable bonds is 5. The van der Waals surface area contributed by atoms with Crippen molar-refractivity contribution in [1.82, 2.24) is 14.5 Å². The molecule has 0 radical (unpaired) electrons. The summed E-state index contributed by atoms with van der Waals surface area (Å²) in [5, 5.41) is 0. The number of aromatic nitrogens is 2. The summed E-state index contributed by atoms with van der Waals surface area (Å²) in [7, 11) is 2.08. The molecule has 4 rings (SSSR count). The summed E-state index contributed by atoms with van der Waals surface area (Å²) in [6, 6.07) is 0.545. The van der Waals surface area contributed by atoms with Gasteiger partial charge in [0.25, 0.3) is 0 Å². The Bertz CT molecular complexity index is 538. The van der Waals surface area contributed by atoms with Gasteiger partial charge in [0.1, 0.15) is 5.82 Å². The third-order valence-corrected chi connectivity index (χ3v) is 5.96. The fourth-order valence-electron chi connectivity index (χ4n) is 4.04. The van der Waals surface area contributed by atoms with E-state index in [1.54, 1.807) is 5.57 Å². The van der Waals surface area contributed by atoms with Crippen LogP contribution in [0, 0.1) is 17.3 Å². The molecule has 2 atom stereocenters. The van der Waals surface area contributed by atoms with Gasteiger partial charge in [0.05, 0.1) is 6.54 Å². The molecule has 1 aromatic rings. The molecule has 1 saturated carbocycles. The number of imidazole rings is 1. The summed E-state index contributed by atoms with van der Waals surface area (Å²) >= 11 is 0. The first kappa shape index (κ1) is 14.8. The van der Waals surface area contributed by atoms with Crippen molar-refractivity contribution in [3.8, 4) is 0 Å². The van der Waals surface area contributed by atoms with Gasteiger partial charge in [-0.05, 0) is 43.9 Å². The third kappa shape index (κ3) is 2.57. The first-order valence-electron chi connectivity index (χ1n) is 8.28.